The van der Waals surface area contributed by atoms with E-state index in [0.29, 0.717) is 12.6 Å². The number of aliphatic hydroxyl groups excluding tert-OH is 1. The van der Waals surface area contributed by atoms with Crippen LogP contribution in [0.25, 0.3) is 0 Å². The minimum absolute atomic E-state index is 0.329. The van der Waals surface area contributed by atoms with Crippen molar-refractivity contribution in [3.8, 4) is 0 Å². The number of likely N-dealkylation sites (tertiary alicyclic amines) is 1. The Bertz CT molecular complexity index is 312. The van der Waals surface area contributed by atoms with Gasteiger partial charge in [0.25, 0.3) is 0 Å². The molecule has 1 aliphatic heterocycles. The molecule has 2 nitrogen and oxygen atoms in total. The summed E-state index contributed by atoms with van der Waals surface area (Å²) < 4.78 is 0. The van der Waals surface area contributed by atoms with Crippen molar-refractivity contribution >= 4 is 0 Å². The van der Waals surface area contributed by atoms with Crippen molar-refractivity contribution in [1.29, 1.82) is 0 Å². The molecule has 1 aromatic rings. The summed E-state index contributed by atoms with van der Waals surface area (Å²) in [7, 11) is 0. The van der Waals surface area contributed by atoms with Gasteiger partial charge in [0.05, 0.1) is 0 Å². The van der Waals surface area contributed by atoms with Gasteiger partial charge >= 0.3 is 0 Å². The van der Waals surface area contributed by atoms with E-state index in [9.17, 15) is 0 Å². The zero-order chi connectivity index (χ0) is 13.9. The molecule has 0 radical (unpaired) electrons. The number of piperidine rings is 1. The first-order chi connectivity index (χ1) is 9.40. The average molecular weight is 263 g/mol. The molecule has 1 aromatic carbocycles. The molecule has 19 heavy (non-hydrogen) atoms. The van der Waals surface area contributed by atoms with Gasteiger partial charge in [-0.1, -0.05) is 50.6 Å². The van der Waals surface area contributed by atoms with Gasteiger partial charge in [0, 0.05) is 19.2 Å². The van der Waals surface area contributed by atoms with Gasteiger partial charge in [0.2, 0.25) is 0 Å². The van der Waals surface area contributed by atoms with Gasteiger partial charge in [-0.3, -0.25) is 4.90 Å². The van der Waals surface area contributed by atoms with Crippen LogP contribution in [0.1, 0.15) is 51.5 Å². The van der Waals surface area contributed by atoms with Crippen LogP contribution in [0.2, 0.25) is 0 Å². The number of aliphatic hydroxyl groups is 1. The first-order valence-electron chi connectivity index (χ1n) is 7.79. The normalized spacial score (nSPS) is 19.6. The van der Waals surface area contributed by atoms with Crippen LogP contribution in [-0.4, -0.2) is 29.2 Å². The Morgan fingerprint density at radius 1 is 1.16 bits per heavy atom. The van der Waals surface area contributed by atoms with E-state index in [1.54, 1.807) is 0 Å². The van der Waals surface area contributed by atoms with Crippen molar-refractivity contribution < 1.29 is 5.11 Å². The predicted octanol–water partition coefficient (Wildman–Crippen LogP) is 3.84. The summed E-state index contributed by atoms with van der Waals surface area (Å²) in [6, 6.07) is 11.4. The number of hydrogen-bond acceptors (Lipinski definition) is 2. The van der Waals surface area contributed by atoms with Crippen LogP contribution < -0.4 is 0 Å². The fourth-order valence-electron chi connectivity index (χ4n) is 2.74. The van der Waals surface area contributed by atoms with Crippen molar-refractivity contribution in [2.45, 2.75) is 58.5 Å². The Kier molecular flexibility index (Phi) is 8.52. The second-order valence-corrected chi connectivity index (χ2v) is 4.97. The summed E-state index contributed by atoms with van der Waals surface area (Å²) in [4.78, 5) is 2.59. The zero-order valence-corrected chi connectivity index (χ0v) is 12.5. The SMILES string of the molecule is CC.OCCCC1CCCCN1Cc1ccccc1. The summed E-state index contributed by atoms with van der Waals surface area (Å²) in [5.41, 5.74) is 1.41. The van der Waals surface area contributed by atoms with Crippen LogP contribution >= 0.6 is 0 Å². The van der Waals surface area contributed by atoms with E-state index in [0.717, 1.165) is 19.4 Å². The van der Waals surface area contributed by atoms with Gasteiger partial charge in [0.1, 0.15) is 0 Å². The second kappa shape index (κ2) is 9.99. The Labute approximate surface area is 118 Å². The number of nitrogens with zero attached hydrogens (tertiary/aromatic N) is 1. The summed E-state index contributed by atoms with van der Waals surface area (Å²) >= 11 is 0. The molecule has 0 aliphatic carbocycles. The Morgan fingerprint density at radius 3 is 2.58 bits per heavy atom. The lowest BCUT2D eigenvalue weighted by Crippen LogP contribution is -2.39. The van der Waals surface area contributed by atoms with Crippen molar-refractivity contribution in [2.24, 2.45) is 0 Å². The summed E-state index contributed by atoms with van der Waals surface area (Å²) in [6.07, 6.45) is 6.05. The molecule has 1 fully saturated rings. The standard InChI is InChI=1S/C15H23NO.C2H6/c17-12-6-10-15-9-4-5-11-16(15)13-14-7-2-1-3-8-14;1-2/h1-3,7-8,15,17H,4-6,9-13H2;1-2H3. The molecule has 2 heteroatoms. The molecular weight excluding hydrogens is 234 g/mol. The molecule has 0 bridgehead atoms. The highest BCUT2D eigenvalue weighted by Crippen LogP contribution is 2.22. The van der Waals surface area contributed by atoms with Crippen molar-refractivity contribution in [1.82, 2.24) is 4.90 Å². The van der Waals surface area contributed by atoms with Crippen molar-refractivity contribution in [3.05, 3.63) is 35.9 Å². The van der Waals surface area contributed by atoms with Gasteiger partial charge in [-0.05, 0) is 37.8 Å². The lowest BCUT2D eigenvalue weighted by atomic mass is 9.97. The minimum Gasteiger partial charge on any atom is -0.396 e. The van der Waals surface area contributed by atoms with Gasteiger partial charge in [0.15, 0.2) is 0 Å². The van der Waals surface area contributed by atoms with E-state index in [4.69, 9.17) is 5.11 Å². The molecule has 0 saturated carbocycles. The molecule has 1 N–H and O–H groups in total. The van der Waals surface area contributed by atoms with E-state index < -0.39 is 0 Å². The summed E-state index contributed by atoms with van der Waals surface area (Å²) in [5.74, 6) is 0. The highest BCUT2D eigenvalue weighted by Gasteiger charge is 2.21. The smallest absolute Gasteiger partial charge is 0.0431 e. The van der Waals surface area contributed by atoms with Crippen LogP contribution in [-0.2, 0) is 6.54 Å². The van der Waals surface area contributed by atoms with Crippen LogP contribution in [0.15, 0.2) is 30.3 Å². The first kappa shape index (κ1) is 16.2. The molecule has 0 amide bonds. The van der Waals surface area contributed by atoms with E-state index in [1.807, 2.05) is 13.8 Å². The Balaban J connectivity index is 0.000000861. The molecular formula is C17H29NO. The fraction of sp³-hybridized carbons (Fsp3) is 0.647. The highest BCUT2D eigenvalue weighted by molar-refractivity contribution is 5.14. The Morgan fingerprint density at radius 2 is 1.89 bits per heavy atom. The third-order valence-corrected chi connectivity index (χ3v) is 3.67. The van der Waals surface area contributed by atoms with Gasteiger partial charge < -0.3 is 5.11 Å². The number of rotatable bonds is 5. The van der Waals surface area contributed by atoms with Gasteiger partial charge in [-0.2, -0.15) is 0 Å². The van der Waals surface area contributed by atoms with Crippen LogP contribution in [0.3, 0.4) is 0 Å². The summed E-state index contributed by atoms with van der Waals surface area (Å²) in [5, 5.41) is 8.95. The predicted molar refractivity (Wildman–Crippen MR) is 82.2 cm³/mol. The minimum atomic E-state index is 0.329. The van der Waals surface area contributed by atoms with Gasteiger partial charge in [-0.25, -0.2) is 0 Å². The van der Waals surface area contributed by atoms with Crippen LogP contribution in [0.5, 0.6) is 0 Å². The molecule has 1 aliphatic rings. The van der Waals surface area contributed by atoms with Crippen LogP contribution in [0, 0.1) is 0 Å². The largest absolute Gasteiger partial charge is 0.396 e. The fourth-order valence-corrected chi connectivity index (χ4v) is 2.74. The number of benzene rings is 1. The monoisotopic (exact) mass is 263 g/mol. The maximum absolute atomic E-state index is 8.95. The molecule has 1 heterocycles. The maximum Gasteiger partial charge on any atom is 0.0431 e. The third kappa shape index (κ3) is 5.75. The van der Waals surface area contributed by atoms with Crippen molar-refractivity contribution in [3.63, 3.8) is 0 Å². The third-order valence-electron chi connectivity index (χ3n) is 3.67. The second-order valence-electron chi connectivity index (χ2n) is 4.97. The van der Waals surface area contributed by atoms with E-state index >= 15 is 0 Å². The highest BCUT2D eigenvalue weighted by atomic mass is 16.2. The quantitative estimate of drug-likeness (QED) is 0.872. The van der Waals surface area contributed by atoms with E-state index in [1.165, 1.54) is 31.4 Å². The lowest BCUT2D eigenvalue weighted by Gasteiger charge is -2.35. The molecule has 2 rings (SSSR count). The molecule has 0 spiro atoms. The maximum atomic E-state index is 8.95. The zero-order valence-electron chi connectivity index (χ0n) is 12.5. The topological polar surface area (TPSA) is 23.5 Å². The van der Waals surface area contributed by atoms with E-state index in [2.05, 4.69) is 35.2 Å². The molecule has 1 atom stereocenters. The summed E-state index contributed by atoms with van der Waals surface area (Å²) in [6.45, 7) is 6.61. The molecule has 1 unspecified atom stereocenters. The van der Waals surface area contributed by atoms with E-state index in [-0.39, 0.29) is 0 Å². The Hall–Kier alpha value is -0.860. The van der Waals surface area contributed by atoms with Crippen LogP contribution in [0.4, 0.5) is 0 Å². The molecule has 0 aromatic heterocycles. The van der Waals surface area contributed by atoms with Crippen molar-refractivity contribution in [2.75, 3.05) is 13.2 Å². The first-order valence-corrected chi connectivity index (χ1v) is 7.79. The average Bonchev–Trinajstić information content (AvgIpc) is 2.49. The number of hydrogen-bond donors (Lipinski definition) is 1. The molecule has 108 valence electrons. The lowest BCUT2D eigenvalue weighted by molar-refractivity contribution is 0.124. The molecule has 1 saturated heterocycles. The van der Waals surface area contributed by atoms with Gasteiger partial charge in [-0.15, -0.1) is 0 Å².